The van der Waals surface area contributed by atoms with Gasteiger partial charge in [0.05, 0.1) is 21.8 Å². The summed E-state index contributed by atoms with van der Waals surface area (Å²) in [7, 11) is -0.829. The summed E-state index contributed by atoms with van der Waals surface area (Å²) >= 11 is 5.64. The van der Waals surface area contributed by atoms with Crippen LogP contribution in [0.15, 0.2) is 12.1 Å². The van der Waals surface area contributed by atoms with E-state index in [1.165, 1.54) is 6.07 Å². The average molecular weight is 301 g/mol. The van der Waals surface area contributed by atoms with Crippen LogP contribution in [0.2, 0.25) is 5.02 Å². The molecule has 0 unspecified atom stereocenters. The molecular weight excluding hydrogens is 285 g/mol. The molecule has 1 aromatic carbocycles. The van der Waals surface area contributed by atoms with Crippen LogP contribution in [0.4, 0.5) is 4.39 Å². The Bertz CT molecular complexity index is 558. The summed E-state index contributed by atoms with van der Waals surface area (Å²) < 4.78 is 25.2. The van der Waals surface area contributed by atoms with Gasteiger partial charge in [-0.25, -0.2) is 9.18 Å². The number of aromatic carboxylic acids is 1. The summed E-state index contributed by atoms with van der Waals surface area (Å²) in [5.41, 5.74) is -1.19. The highest BCUT2D eigenvalue weighted by Crippen LogP contribution is 2.36. The average Bonchev–Trinajstić information content (AvgIpc) is 2.51. The zero-order chi connectivity index (χ0) is 15.3. The Hall–Kier alpha value is -1.11. The van der Waals surface area contributed by atoms with E-state index in [0.717, 1.165) is 6.07 Å². The van der Waals surface area contributed by atoms with Gasteiger partial charge in [-0.05, 0) is 45.3 Å². The number of benzene rings is 1. The fraction of sp³-hybridized carbons (Fsp3) is 0.462. The Balaban J connectivity index is 2.43. The molecule has 0 saturated carbocycles. The van der Waals surface area contributed by atoms with Crippen molar-refractivity contribution >= 4 is 30.2 Å². The molecule has 0 atom stereocenters. The number of rotatable bonds is 2. The molecule has 1 aliphatic heterocycles. The minimum atomic E-state index is -1.30. The first-order valence-electron chi connectivity index (χ1n) is 6.13. The highest BCUT2D eigenvalue weighted by Gasteiger charge is 2.52. The topological polar surface area (TPSA) is 55.8 Å². The molecular formula is C13H15BClFO4. The monoisotopic (exact) mass is 300 g/mol. The van der Waals surface area contributed by atoms with Crippen LogP contribution in [0.5, 0.6) is 0 Å². The maximum Gasteiger partial charge on any atom is 0.494 e. The third-order valence-electron chi connectivity index (χ3n) is 3.81. The third kappa shape index (κ3) is 2.43. The van der Waals surface area contributed by atoms with Gasteiger partial charge in [0.25, 0.3) is 0 Å². The third-order valence-corrected chi connectivity index (χ3v) is 4.19. The SMILES string of the molecule is CC1(C)OB(c2cc(F)c(Cl)c(C(=O)O)c2)OC1(C)C. The van der Waals surface area contributed by atoms with Gasteiger partial charge >= 0.3 is 13.1 Å². The van der Waals surface area contributed by atoms with Gasteiger partial charge in [0.15, 0.2) is 0 Å². The fourth-order valence-corrected chi connectivity index (χ4v) is 2.07. The first kappa shape index (κ1) is 15.3. The van der Waals surface area contributed by atoms with Crippen molar-refractivity contribution in [2.75, 3.05) is 0 Å². The van der Waals surface area contributed by atoms with Crippen molar-refractivity contribution < 1.29 is 23.6 Å². The van der Waals surface area contributed by atoms with Gasteiger partial charge in [-0.1, -0.05) is 11.6 Å². The molecule has 0 amide bonds. The van der Waals surface area contributed by atoms with Crippen molar-refractivity contribution in [2.24, 2.45) is 0 Å². The summed E-state index contributed by atoms with van der Waals surface area (Å²) in [5.74, 6) is -2.11. The van der Waals surface area contributed by atoms with Gasteiger partial charge < -0.3 is 14.4 Å². The predicted octanol–water partition coefficient (Wildman–Crippen LogP) is 2.48. The Morgan fingerprint density at radius 2 is 1.75 bits per heavy atom. The van der Waals surface area contributed by atoms with E-state index >= 15 is 0 Å². The van der Waals surface area contributed by atoms with Crippen LogP contribution in [0, 0.1) is 5.82 Å². The quantitative estimate of drug-likeness (QED) is 0.853. The Morgan fingerprint density at radius 1 is 1.25 bits per heavy atom. The van der Waals surface area contributed by atoms with Crippen molar-refractivity contribution in [1.29, 1.82) is 0 Å². The maximum absolute atomic E-state index is 13.7. The van der Waals surface area contributed by atoms with Gasteiger partial charge in [-0.15, -0.1) is 0 Å². The highest BCUT2D eigenvalue weighted by atomic mass is 35.5. The van der Waals surface area contributed by atoms with Gasteiger partial charge in [0.2, 0.25) is 0 Å². The summed E-state index contributed by atoms with van der Waals surface area (Å²) in [6.45, 7) is 7.43. The molecule has 0 bridgehead atoms. The number of carbonyl (C=O) groups is 1. The van der Waals surface area contributed by atoms with Crippen molar-refractivity contribution in [3.63, 3.8) is 0 Å². The lowest BCUT2D eigenvalue weighted by molar-refractivity contribution is 0.00578. The van der Waals surface area contributed by atoms with E-state index in [2.05, 4.69) is 0 Å². The zero-order valence-corrected chi connectivity index (χ0v) is 12.4. The lowest BCUT2D eigenvalue weighted by atomic mass is 9.78. The Kier molecular flexibility index (Phi) is 3.61. The molecule has 0 aromatic heterocycles. The number of carboxylic acids is 1. The molecule has 1 aromatic rings. The standard InChI is InChI=1S/C13H15BClFO4/c1-12(2)13(3,4)20-14(19-12)7-5-8(11(17)18)10(15)9(16)6-7/h5-6H,1-4H3,(H,17,18). The summed E-state index contributed by atoms with van der Waals surface area (Å²) in [4.78, 5) is 11.1. The van der Waals surface area contributed by atoms with Gasteiger partial charge in [0, 0.05) is 0 Å². The molecule has 1 saturated heterocycles. The van der Waals surface area contributed by atoms with E-state index < -0.39 is 35.1 Å². The summed E-state index contributed by atoms with van der Waals surface area (Å²) in [6.07, 6.45) is 0. The molecule has 7 heteroatoms. The molecule has 2 rings (SSSR count). The van der Waals surface area contributed by atoms with Crippen molar-refractivity contribution in [3.05, 3.63) is 28.5 Å². The van der Waals surface area contributed by atoms with E-state index in [0.29, 0.717) is 5.46 Å². The minimum absolute atomic E-state index is 0.294. The van der Waals surface area contributed by atoms with Crippen LogP contribution in [-0.4, -0.2) is 29.4 Å². The fourth-order valence-electron chi connectivity index (χ4n) is 1.88. The largest absolute Gasteiger partial charge is 0.494 e. The molecule has 0 spiro atoms. The molecule has 0 radical (unpaired) electrons. The molecule has 0 aliphatic carbocycles. The van der Waals surface area contributed by atoms with Crippen LogP contribution in [0.3, 0.4) is 0 Å². The molecule has 1 aliphatic rings. The first-order valence-corrected chi connectivity index (χ1v) is 6.51. The molecule has 1 heterocycles. The van der Waals surface area contributed by atoms with Crippen LogP contribution in [-0.2, 0) is 9.31 Å². The van der Waals surface area contributed by atoms with E-state index in [4.69, 9.17) is 26.0 Å². The predicted molar refractivity (Wildman–Crippen MR) is 74.1 cm³/mol. The smallest absolute Gasteiger partial charge is 0.478 e. The lowest BCUT2D eigenvalue weighted by Gasteiger charge is -2.32. The Labute approximate surface area is 122 Å². The second-order valence-electron chi connectivity index (χ2n) is 5.76. The lowest BCUT2D eigenvalue weighted by Crippen LogP contribution is -2.41. The minimum Gasteiger partial charge on any atom is -0.478 e. The van der Waals surface area contributed by atoms with Crippen LogP contribution in [0.25, 0.3) is 0 Å². The second kappa shape index (κ2) is 4.72. The van der Waals surface area contributed by atoms with Crippen molar-refractivity contribution in [2.45, 2.75) is 38.9 Å². The Morgan fingerprint density at radius 3 is 2.20 bits per heavy atom. The first-order chi connectivity index (χ1) is 9.05. The van der Waals surface area contributed by atoms with Crippen molar-refractivity contribution in [1.82, 2.24) is 0 Å². The van der Waals surface area contributed by atoms with Crippen LogP contribution < -0.4 is 5.46 Å². The highest BCUT2D eigenvalue weighted by molar-refractivity contribution is 6.62. The van der Waals surface area contributed by atoms with Crippen LogP contribution >= 0.6 is 11.6 Å². The molecule has 1 N–H and O–H groups in total. The molecule has 20 heavy (non-hydrogen) atoms. The zero-order valence-electron chi connectivity index (χ0n) is 11.7. The van der Waals surface area contributed by atoms with E-state index in [-0.39, 0.29) is 5.56 Å². The van der Waals surface area contributed by atoms with Gasteiger partial charge in [-0.2, -0.15) is 0 Å². The van der Waals surface area contributed by atoms with E-state index in [1.54, 1.807) is 0 Å². The number of hydrogen-bond donors (Lipinski definition) is 1. The number of halogens is 2. The van der Waals surface area contributed by atoms with E-state index in [1.807, 2.05) is 27.7 Å². The number of carboxylic acid groups (broad SMARTS) is 1. The summed E-state index contributed by atoms with van der Waals surface area (Å²) in [6, 6.07) is 2.41. The van der Waals surface area contributed by atoms with Gasteiger partial charge in [0.1, 0.15) is 5.82 Å². The molecule has 4 nitrogen and oxygen atoms in total. The van der Waals surface area contributed by atoms with E-state index in [9.17, 15) is 9.18 Å². The second-order valence-corrected chi connectivity index (χ2v) is 6.14. The molecule has 1 fully saturated rings. The van der Waals surface area contributed by atoms with Crippen molar-refractivity contribution in [3.8, 4) is 0 Å². The van der Waals surface area contributed by atoms with Crippen LogP contribution in [0.1, 0.15) is 38.1 Å². The number of hydrogen-bond acceptors (Lipinski definition) is 3. The maximum atomic E-state index is 13.7. The normalized spacial score (nSPS) is 20.2. The summed E-state index contributed by atoms with van der Waals surface area (Å²) in [5, 5.41) is 8.61. The molecule has 108 valence electrons. The van der Waals surface area contributed by atoms with Gasteiger partial charge in [-0.3, -0.25) is 0 Å².